The van der Waals surface area contributed by atoms with Crippen molar-refractivity contribution in [3.05, 3.63) is 53.6 Å². The number of nitrogens with one attached hydrogen (secondary N) is 2. The Labute approximate surface area is 169 Å². The van der Waals surface area contributed by atoms with E-state index >= 15 is 0 Å². The summed E-state index contributed by atoms with van der Waals surface area (Å²) in [5, 5.41) is 3.92. The van der Waals surface area contributed by atoms with Crippen molar-refractivity contribution in [1.82, 2.24) is 19.7 Å². The molecule has 3 rings (SSSR count). The number of benzene rings is 1. The van der Waals surface area contributed by atoms with Gasteiger partial charge >= 0.3 is 0 Å². The first kappa shape index (κ1) is 20.7. The van der Waals surface area contributed by atoms with Crippen molar-refractivity contribution in [2.45, 2.75) is 30.6 Å². The highest BCUT2D eigenvalue weighted by Gasteiger charge is 2.21. The minimum Gasteiger partial charge on any atom is -0.280 e. The second-order valence-electron chi connectivity index (χ2n) is 6.43. The summed E-state index contributed by atoms with van der Waals surface area (Å²) >= 11 is 0. The van der Waals surface area contributed by atoms with Gasteiger partial charge in [-0.25, -0.2) is 31.5 Å². The summed E-state index contributed by atoms with van der Waals surface area (Å²) in [7, 11) is -6.14. The maximum atomic E-state index is 12.5. The zero-order chi connectivity index (χ0) is 21.4. The second-order valence-corrected chi connectivity index (χ2v) is 9.76. The number of sulfonamides is 2. The van der Waals surface area contributed by atoms with Gasteiger partial charge in [0.2, 0.25) is 5.95 Å². The molecule has 0 aliphatic carbocycles. The topological polar surface area (TPSA) is 136 Å². The van der Waals surface area contributed by atoms with Crippen LogP contribution in [0.15, 0.2) is 46.3 Å². The normalized spacial score (nSPS) is 12.0. The smallest absolute Gasteiger partial charge is 0.265 e. The highest BCUT2D eigenvalue weighted by Crippen LogP contribution is 2.21. The molecule has 0 saturated heterocycles. The lowest BCUT2D eigenvalue weighted by atomic mass is 10.3. The summed E-state index contributed by atoms with van der Waals surface area (Å²) in [4.78, 5) is 8.10. The molecule has 0 bridgehead atoms. The first-order valence-electron chi connectivity index (χ1n) is 8.44. The molecule has 2 N–H and O–H groups in total. The van der Waals surface area contributed by atoms with Crippen LogP contribution in [0.3, 0.4) is 0 Å². The summed E-state index contributed by atoms with van der Waals surface area (Å²) < 4.78 is 56.3. The fourth-order valence-corrected chi connectivity index (χ4v) is 4.81. The molecule has 154 valence electrons. The van der Waals surface area contributed by atoms with Crippen LogP contribution in [0.25, 0.3) is 0 Å². The number of anilines is 2. The Morgan fingerprint density at radius 3 is 1.97 bits per heavy atom. The maximum absolute atomic E-state index is 12.5. The highest BCUT2D eigenvalue weighted by molar-refractivity contribution is 7.93. The molecule has 0 aliphatic rings. The summed E-state index contributed by atoms with van der Waals surface area (Å²) in [5.41, 5.74) is 1.96. The molecule has 2 heterocycles. The van der Waals surface area contributed by atoms with Crippen LogP contribution in [0.5, 0.6) is 0 Å². The van der Waals surface area contributed by atoms with E-state index < -0.39 is 20.0 Å². The van der Waals surface area contributed by atoms with Crippen molar-refractivity contribution in [3.63, 3.8) is 0 Å². The lowest BCUT2D eigenvalue weighted by Gasteiger charge is -2.10. The monoisotopic (exact) mass is 436 g/mol. The summed E-state index contributed by atoms with van der Waals surface area (Å²) in [6, 6.07) is 7.03. The van der Waals surface area contributed by atoms with Crippen molar-refractivity contribution >= 4 is 31.7 Å². The van der Waals surface area contributed by atoms with Crippen molar-refractivity contribution in [1.29, 1.82) is 0 Å². The van der Waals surface area contributed by atoms with Crippen LogP contribution >= 0.6 is 0 Å². The zero-order valence-electron chi connectivity index (χ0n) is 16.2. The minimum atomic E-state index is -3.93. The van der Waals surface area contributed by atoms with Gasteiger partial charge in [-0.1, -0.05) is 0 Å². The SMILES string of the molecule is Cc1cc(C)nc(NS(=O)(=O)c2ccc(NS(=O)(=O)c3cnn(C)c3C)cc2)n1. The van der Waals surface area contributed by atoms with Gasteiger partial charge in [0, 0.05) is 24.1 Å². The third kappa shape index (κ3) is 4.54. The number of hydrogen-bond acceptors (Lipinski definition) is 7. The Balaban J connectivity index is 1.81. The summed E-state index contributed by atoms with van der Waals surface area (Å²) in [6.07, 6.45) is 1.25. The van der Waals surface area contributed by atoms with E-state index in [-0.39, 0.29) is 21.4 Å². The predicted octanol–water partition coefficient (Wildman–Crippen LogP) is 1.74. The average molecular weight is 437 g/mol. The van der Waals surface area contributed by atoms with Gasteiger partial charge in [0.1, 0.15) is 4.90 Å². The summed E-state index contributed by atoms with van der Waals surface area (Å²) in [5.74, 6) is -0.0284. The van der Waals surface area contributed by atoms with E-state index in [9.17, 15) is 16.8 Å². The van der Waals surface area contributed by atoms with Crippen LogP contribution in [0.1, 0.15) is 17.1 Å². The lowest BCUT2D eigenvalue weighted by Crippen LogP contribution is -2.16. The van der Waals surface area contributed by atoms with Crippen molar-refractivity contribution in [2.75, 3.05) is 9.44 Å². The highest BCUT2D eigenvalue weighted by atomic mass is 32.2. The molecule has 0 atom stereocenters. The van der Waals surface area contributed by atoms with Gasteiger partial charge in [-0.05, 0) is 51.1 Å². The molecule has 12 heteroatoms. The molecule has 0 amide bonds. The second kappa shape index (κ2) is 7.44. The third-order valence-electron chi connectivity index (χ3n) is 4.10. The Morgan fingerprint density at radius 1 is 0.862 bits per heavy atom. The molecule has 0 radical (unpaired) electrons. The Morgan fingerprint density at radius 2 is 1.45 bits per heavy atom. The molecule has 29 heavy (non-hydrogen) atoms. The maximum Gasteiger partial charge on any atom is 0.265 e. The Bertz CT molecular complexity index is 1250. The first-order chi connectivity index (χ1) is 13.5. The molecule has 0 fully saturated rings. The van der Waals surface area contributed by atoms with Crippen LogP contribution in [-0.2, 0) is 27.1 Å². The molecule has 1 aromatic carbocycles. The number of aromatic nitrogens is 4. The molecule has 0 saturated carbocycles. The molecule has 10 nitrogen and oxygen atoms in total. The van der Waals surface area contributed by atoms with Gasteiger partial charge in [0.25, 0.3) is 20.0 Å². The van der Waals surface area contributed by atoms with E-state index in [4.69, 9.17) is 0 Å². The fourth-order valence-electron chi connectivity index (χ4n) is 2.61. The van der Waals surface area contributed by atoms with Crippen molar-refractivity contribution in [2.24, 2.45) is 7.05 Å². The van der Waals surface area contributed by atoms with Gasteiger partial charge in [0.15, 0.2) is 0 Å². The van der Waals surface area contributed by atoms with Crippen LogP contribution in [-0.4, -0.2) is 36.6 Å². The van der Waals surface area contributed by atoms with E-state index in [0.29, 0.717) is 17.1 Å². The van der Waals surface area contributed by atoms with E-state index in [2.05, 4.69) is 24.5 Å². The van der Waals surface area contributed by atoms with Crippen LogP contribution in [0.2, 0.25) is 0 Å². The molecular weight excluding hydrogens is 416 g/mol. The van der Waals surface area contributed by atoms with Gasteiger partial charge < -0.3 is 0 Å². The first-order valence-corrected chi connectivity index (χ1v) is 11.4. The van der Waals surface area contributed by atoms with E-state index in [1.54, 1.807) is 33.9 Å². The summed E-state index contributed by atoms with van der Waals surface area (Å²) in [6.45, 7) is 5.10. The van der Waals surface area contributed by atoms with Gasteiger partial charge in [-0.2, -0.15) is 5.10 Å². The quantitative estimate of drug-likeness (QED) is 0.600. The molecule has 0 unspecified atom stereocenters. The van der Waals surface area contributed by atoms with Crippen LogP contribution in [0, 0.1) is 20.8 Å². The standard InChI is InChI=1S/C17H20N6O4S2/c1-11-9-12(2)20-17(19-11)22-28(24,25)15-7-5-14(6-8-15)21-29(26,27)16-10-18-23(4)13(16)3/h5-10,21H,1-4H3,(H,19,20,22). The van der Waals surface area contributed by atoms with E-state index in [0.717, 1.165) is 0 Å². The third-order valence-corrected chi connectivity index (χ3v) is 6.93. The van der Waals surface area contributed by atoms with Crippen LogP contribution < -0.4 is 9.44 Å². The van der Waals surface area contributed by atoms with Crippen LogP contribution in [0.4, 0.5) is 11.6 Å². The largest absolute Gasteiger partial charge is 0.280 e. The minimum absolute atomic E-state index is 0.0284. The number of nitrogens with zero attached hydrogens (tertiary/aromatic N) is 4. The average Bonchev–Trinajstić information content (AvgIpc) is 2.93. The van der Waals surface area contributed by atoms with E-state index in [1.165, 1.54) is 35.1 Å². The number of hydrogen-bond donors (Lipinski definition) is 2. The van der Waals surface area contributed by atoms with Gasteiger partial charge in [-0.15, -0.1) is 0 Å². The molecule has 0 spiro atoms. The molecule has 3 aromatic rings. The number of aryl methyl sites for hydroxylation is 3. The number of rotatable bonds is 6. The van der Waals surface area contributed by atoms with Crippen molar-refractivity contribution in [3.8, 4) is 0 Å². The molecular formula is C17H20N6O4S2. The Kier molecular flexibility index (Phi) is 5.32. The van der Waals surface area contributed by atoms with Gasteiger partial charge in [-0.3, -0.25) is 9.40 Å². The fraction of sp³-hybridized carbons (Fsp3) is 0.235. The van der Waals surface area contributed by atoms with Crippen molar-refractivity contribution < 1.29 is 16.8 Å². The lowest BCUT2D eigenvalue weighted by molar-refractivity contribution is 0.599. The molecule has 2 aromatic heterocycles. The van der Waals surface area contributed by atoms with Gasteiger partial charge in [0.05, 0.1) is 16.8 Å². The zero-order valence-corrected chi connectivity index (χ0v) is 17.8. The van der Waals surface area contributed by atoms with E-state index in [1.807, 2.05) is 0 Å². The Hall–Kier alpha value is -2.99. The molecule has 0 aliphatic heterocycles. The predicted molar refractivity (Wildman–Crippen MR) is 108 cm³/mol.